The van der Waals surface area contributed by atoms with E-state index in [0.717, 1.165) is 10.5 Å². The van der Waals surface area contributed by atoms with Crippen LogP contribution in [0.4, 0.5) is 0 Å². The lowest BCUT2D eigenvalue weighted by atomic mass is 10.1. The first kappa shape index (κ1) is 17.0. The Balaban J connectivity index is 1.73. The van der Waals surface area contributed by atoms with Gasteiger partial charge in [0.05, 0.1) is 13.1 Å². The summed E-state index contributed by atoms with van der Waals surface area (Å²) < 4.78 is 31.6. The predicted octanol–water partition coefficient (Wildman–Crippen LogP) is 0.176. The summed E-state index contributed by atoms with van der Waals surface area (Å²) in [6, 6.07) is 8.09. The van der Waals surface area contributed by atoms with Crippen LogP contribution >= 0.6 is 0 Å². The fraction of sp³-hybridized carbons (Fsp3) is 0.200. The highest BCUT2D eigenvalue weighted by Crippen LogP contribution is 2.30. The molecule has 0 radical (unpaired) electrons. The summed E-state index contributed by atoms with van der Waals surface area (Å²) in [5.41, 5.74) is -0.385. The highest BCUT2D eigenvalue weighted by Gasteiger charge is 2.42. The van der Waals surface area contributed by atoms with Crippen molar-refractivity contribution in [3.8, 4) is 11.5 Å². The van der Waals surface area contributed by atoms with Crippen molar-refractivity contribution >= 4 is 16.0 Å². The molecule has 25 heavy (non-hydrogen) atoms. The fourth-order valence-corrected chi connectivity index (χ4v) is 3.96. The zero-order chi connectivity index (χ0) is 18.2. The quantitative estimate of drug-likeness (QED) is 0.570. The number of pyridine rings is 1. The van der Waals surface area contributed by atoms with E-state index >= 15 is 0 Å². The summed E-state index contributed by atoms with van der Waals surface area (Å²) in [6.45, 7) is -0.0715. The molecule has 2 N–H and O–H groups in total. The molecular weight excluding hydrogens is 352 g/mol. The number of ether oxygens (including phenoxy) is 1. The Bertz CT molecular complexity index is 923. The van der Waals surface area contributed by atoms with Gasteiger partial charge in [-0.25, -0.2) is 13.2 Å². The molecular formula is C15H14N2O7S. The number of aromatic hydroxyl groups is 1. The van der Waals surface area contributed by atoms with Gasteiger partial charge in [0.25, 0.3) is 0 Å². The number of carboxylic acids is 1. The normalized spacial score (nSPS) is 15.5. The SMILES string of the molecule is O=C(O)c1c(O)cccc1OC1CN(S(=O)(=O)c2cccc[n+]2[O-])C1. The van der Waals surface area contributed by atoms with Crippen LogP contribution in [-0.2, 0) is 10.0 Å². The van der Waals surface area contributed by atoms with Crippen LogP contribution in [-0.4, -0.2) is 48.1 Å². The van der Waals surface area contributed by atoms with Gasteiger partial charge in [0.1, 0.15) is 23.2 Å². The Hall–Kier alpha value is -2.85. The molecule has 9 nitrogen and oxygen atoms in total. The summed E-state index contributed by atoms with van der Waals surface area (Å²) in [5, 5.41) is 30.0. The molecule has 0 spiro atoms. The number of rotatable bonds is 5. The van der Waals surface area contributed by atoms with Crippen molar-refractivity contribution in [2.45, 2.75) is 11.1 Å². The van der Waals surface area contributed by atoms with E-state index in [1.807, 2.05) is 0 Å². The molecule has 1 aliphatic heterocycles. The first-order valence-corrected chi connectivity index (χ1v) is 8.65. The number of nitrogens with zero attached hydrogens (tertiary/aromatic N) is 2. The second kappa shape index (κ2) is 6.22. The molecule has 1 aromatic heterocycles. The summed E-state index contributed by atoms with van der Waals surface area (Å²) in [4.78, 5) is 11.2. The van der Waals surface area contributed by atoms with Gasteiger partial charge in [-0.3, -0.25) is 0 Å². The van der Waals surface area contributed by atoms with E-state index in [2.05, 4.69) is 0 Å². The highest BCUT2D eigenvalue weighted by molar-refractivity contribution is 7.89. The van der Waals surface area contributed by atoms with E-state index in [1.54, 1.807) is 0 Å². The summed E-state index contributed by atoms with van der Waals surface area (Å²) >= 11 is 0. The van der Waals surface area contributed by atoms with Gasteiger partial charge in [0.2, 0.25) is 0 Å². The van der Waals surface area contributed by atoms with Crippen LogP contribution in [0.2, 0.25) is 0 Å². The number of sulfonamides is 1. The first-order chi connectivity index (χ1) is 11.8. The van der Waals surface area contributed by atoms with Gasteiger partial charge in [-0.1, -0.05) is 6.07 Å². The van der Waals surface area contributed by atoms with E-state index in [1.165, 1.54) is 36.4 Å². The summed E-state index contributed by atoms with van der Waals surface area (Å²) in [7, 11) is -3.95. The molecule has 2 aromatic rings. The third-order valence-electron chi connectivity index (χ3n) is 3.72. The lowest BCUT2D eigenvalue weighted by Gasteiger charge is -2.37. The number of phenols is 1. The number of aromatic carboxylic acids is 1. The molecule has 3 rings (SSSR count). The molecule has 0 unspecified atom stereocenters. The van der Waals surface area contributed by atoms with E-state index in [0.29, 0.717) is 0 Å². The van der Waals surface area contributed by atoms with Gasteiger partial charge in [0.15, 0.2) is 6.20 Å². The minimum atomic E-state index is -3.95. The first-order valence-electron chi connectivity index (χ1n) is 7.21. The molecule has 1 fully saturated rings. The number of hydrogen-bond donors (Lipinski definition) is 2. The molecule has 1 aromatic carbocycles. The zero-order valence-corrected chi connectivity index (χ0v) is 13.6. The minimum absolute atomic E-state index is 0.0358. The van der Waals surface area contributed by atoms with Gasteiger partial charge in [-0.2, -0.15) is 9.04 Å². The average molecular weight is 366 g/mol. The predicted molar refractivity (Wildman–Crippen MR) is 83.6 cm³/mol. The Morgan fingerprint density at radius 3 is 2.60 bits per heavy atom. The van der Waals surface area contributed by atoms with Gasteiger partial charge < -0.3 is 20.2 Å². The maximum absolute atomic E-state index is 12.4. The van der Waals surface area contributed by atoms with Crippen LogP contribution in [0.15, 0.2) is 47.6 Å². The Morgan fingerprint density at radius 1 is 1.24 bits per heavy atom. The smallest absolute Gasteiger partial charge is 0.343 e. The fourth-order valence-electron chi connectivity index (χ4n) is 2.43. The van der Waals surface area contributed by atoms with Gasteiger partial charge >= 0.3 is 21.0 Å². The lowest BCUT2D eigenvalue weighted by Crippen LogP contribution is -2.57. The topological polar surface area (TPSA) is 131 Å². The molecule has 1 aliphatic rings. The molecule has 1 saturated heterocycles. The van der Waals surface area contributed by atoms with E-state index < -0.39 is 32.9 Å². The number of aromatic nitrogens is 1. The number of benzene rings is 1. The summed E-state index contributed by atoms with van der Waals surface area (Å²) in [5.74, 6) is -1.84. The largest absolute Gasteiger partial charge is 0.618 e. The summed E-state index contributed by atoms with van der Waals surface area (Å²) in [6.07, 6.45) is 0.505. The van der Waals surface area contributed by atoms with Crippen molar-refractivity contribution in [3.05, 3.63) is 53.4 Å². The Morgan fingerprint density at radius 2 is 1.96 bits per heavy atom. The molecule has 10 heteroatoms. The lowest BCUT2D eigenvalue weighted by molar-refractivity contribution is -0.646. The zero-order valence-electron chi connectivity index (χ0n) is 12.8. The van der Waals surface area contributed by atoms with Crippen molar-refractivity contribution < 1.29 is 32.9 Å². The van der Waals surface area contributed by atoms with Crippen molar-refractivity contribution in [1.29, 1.82) is 0 Å². The van der Waals surface area contributed by atoms with Gasteiger partial charge in [-0.05, 0) is 18.2 Å². The van der Waals surface area contributed by atoms with Crippen molar-refractivity contribution in [2.24, 2.45) is 0 Å². The van der Waals surface area contributed by atoms with Crippen LogP contribution in [0.5, 0.6) is 11.5 Å². The monoisotopic (exact) mass is 366 g/mol. The molecule has 0 bridgehead atoms. The standard InChI is InChI=1S/C15H14N2O7S/c18-11-4-3-5-12(14(11)15(19)20)24-10-8-16(9-10)25(22,23)13-6-1-2-7-17(13)21/h1-7,10,18H,8-9H2,(H,19,20). The van der Waals surface area contributed by atoms with Crippen LogP contribution in [0.3, 0.4) is 0 Å². The molecule has 0 aliphatic carbocycles. The van der Waals surface area contributed by atoms with Gasteiger partial charge in [-0.15, -0.1) is 0 Å². The number of carbonyl (C=O) groups is 1. The van der Waals surface area contributed by atoms with Crippen molar-refractivity contribution in [1.82, 2.24) is 4.31 Å². The molecule has 0 saturated carbocycles. The van der Waals surface area contributed by atoms with Gasteiger partial charge in [0, 0.05) is 12.1 Å². The molecule has 0 atom stereocenters. The van der Waals surface area contributed by atoms with Crippen molar-refractivity contribution in [3.63, 3.8) is 0 Å². The van der Waals surface area contributed by atoms with Crippen molar-refractivity contribution in [2.75, 3.05) is 13.1 Å². The van der Waals surface area contributed by atoms with Crippen LogP contribution < -0.4 is 9.47 Å². The van der Waals surface area contributed by atoms with Crippen LogP contribution in [0.25, 0.3) is 0 Å². The van der Waals surface area contributed by atoms with Crippen LogP contribution in [0.1, 0.15) is 10.4 Å². The van der Waals surface area contributed by atoms with E-state index in [4.69, 9.17) is 9.84 Å². The van der Waals surface area contributed by atoms with E-state index in [9.17, 15) is 23.5 Å². The third kappa shape index (κ3) is 3.08. The number of hydrogen-bond acceptors (Lipinski definition) is 6. The van der Waals surface area contributed by atoms with Crippen LogP contribution in [0, 0.1) is 5.21 Å². The Labute approximate surface area is 143 Å². The molecule has 132 valence electrons. The maximum atomic E-state index is 12.4. The third-order valence-corrected chi connectivity index (χ3v) is 5.54. The van der Waals surface area contributed by atoms with E-state index in [-0.39, 0.29) is 29.1 Å². The highest BCUT2D eigenvalue weighted by atomic mass is 32.2. The molecule has 2 heterocycles. The second-order valence-electron chi connectivity index (χ2n) is 5.38. The second-order valence-corrected chi connectivity index (χ2v) is 7.27. The number of carboxylic acid groups (broad SMARTS) is 1. The average Bonchev–Trinajstić information content (AvgIpc) is 2.50. The Kier molecular flexibility index (Phi) is 4.23. The molecule has 0 amide bonds. The minimum Gasteiger partial charge on any atom is -0.618 e. The maximum Gasteiger partial charge on any atom is 0.343 e.